The number of aromatic nitrogens is 2. The Hall–Kier alpha value is -7.24. The topological polar surface area (TPSA) is 60.6 Å². The summed E-state index contributed by atoms with van der Waals surface area (Å²) in [5.74, 6) is 1.05. The normalized spacial score (nSPS) is 13.0. The molecule has 2 aromatic heterocycles. The number of nitrogens with zero attached hydrogens (tertiary/aromatic N) is 4. The molecule has 0 bridgehead atoms. The maximum absolute atomic E-state index is 6.49. The standard InChI is InChI=1S/C50H37N5/c1-33(52-50(35-17-7-3-8-18-35)53-49(51)34-15-5-2-6-16-34)36-25-26-38-30-40(28-27-37(38)29-36)55-46-24-14-12-22-42(46)44-31-43-41-21-11-13-23-45(41)54(47(43)32-48(44)55)39-19-9-4-10-20-39/h2-33H,1H3,(H2,51,52,53)/t33-/m0/s1. The fourth-order valence-corrected chi connectivity index (χ4v) is 8.02. The summed E-state index contributed by atoms with van der Waals surface area (Å²) in [4.78, 5) is 9.96. The summed E-state index contributed by atoms with van der Waals surface area (Å²) >= 11 is 0. The van der Waals surface area contributed by atoms with Crippen molar-refractivity contribution in [2.45, 2.75) is 13.0 Å². The van der Waals surface area contributed by atoms with Gasteiger partial charge in [-0.05, 0) is 77.9 Å². The average molecular weight is 708 g/mol. The van der Waals surface area contributed by atoms with E-state index in [-0.39, 0.29) is 6.04 Å². The Kier molecular flexibility index (Phi) is 7.85. The molecule has 0 aliphatic rings. The highest BCUT2D eigenvalue weighted by molar-refractivity contribution is 6.19. The molecule has 5 nitrogen and oxygen atoms in total. The first-order valence-corrected chi connectivity index (χ1v) is 18.7. The molecule has 10 aromatic rings. The van der Waals surface area contributed by atoms with Crippen LogP contribution in [0.1, 0.15) is 29.7 Å². The molecule has 0 fully saturated rings. The highest BCUT2D eigenvalue weighted by atomic mass is 15.0. The van der Waals surface area contributed by atoms with E-state index in [0.29, 0.717) is 11.7 Å². The molecule has 0 unspecified atom stereocenters. The van der Waals surface area contributed by atoms with Gasteiger partial charge in [0.2, 0.25) is 0 Å². The Balaban J connectivity index is 1.09. The van der Waals surface area contributed by atoms with Crippen molar-refractivity contribution in [3.63, 3.8) is 0 Å². The minimum absolute atomic E-state index is 0.150. The summed E-state index contributed by atoms with van der Waals surface area (Å²) in [5, 5.41) is 7.31. The van der Waals surface area contributed by atoms with Crippen LogP contribution in [0.15, 0.2) is 198 Å². The van der Waals surface area contributed by atoms with Crippen molar-refractivity contribution >= 4 is 66.1 Å². The predicted octanol–water partition coefficient (Wildman–Crippen LogP) is 11.9. The number of aliphatic imine (C=N–C) groups is 2. The lowest BCUT2D eigenvalue weighted by atomic mass is 10.0. The van der Waals surface area contributed by atoms with Gasteiger partial charge in [0, 0.05) is 44.0 Å². The van der Waals surface area contributed by atoms with Crippen LogP contribution in [-0.4, -0.2) is 20.8 Å². The summed E-state index contributed by atoms with van der Waals surface area (Å²) in [6.45, 7) is 2.11. The van der Waals surface area contributed by atoms with Gasteiger partial charge in [-0.25, -0.2) is 4.99 Å². The zero-order valence-electron chi connectivity index (χ0n) is 30.3. The second kappa shape index (κ2) is 13.3. The maximum atomic E-state index is 6.49. The lowest BCUT2D eigenvalue weighted by molar-refractivity contribution is 0.820. The quantitative estimate of drug-likeness (QED) is 0.136. The molecule has 10 rings (SSSR count). The van der Waals surface area contributed by atoms with E-state index < -0.39 is 0 Å². The smallest absolute Gasteiger partial charge is 0.157 e. The number of fused-ring (bicyclic) bond motifs is 7. The van der Waals surface area contributed by atoms with Crippen LogP contribution in [0.2, 0.25) is 0 Å². The Morgan fingerprint density at radius 1 is 0.455 bits per heavy atom. The van der Waals surface area contributed by atoms with Crippen molar-refractivity contribution in [2.75, 3.05) is 0 Å². The first-order chi connectivity index (χ1) is 27.1. The number of rotatable bonds is 6. The number of benzene rings is 8. The molecule has 0 aliphatic carbocycles. The van der Waals surface area contributed by atoms with Crippen molar-refractivity contribution in [3.05, 3.63) is 205 Å². The second-order valence-corrected chi connectivity index (χ2v) is 14.1. The third kappa shape index (κ3) is 5.65. The monoisotopic (exact) mass is 707 g/mol. The molecule has 1 atom stereocenters. The molecule has 0 aliphatic heterocycles. The third-order valence-electron chi connectivity index (χ3n) is 10.7. The molecule has 55 heavy (non-hydrogen) atoms. The fraction of sp³-hybridized carbons (Fsp3) is 0.0400. The molecular formula is C50H37N5. The van der Waals surface area contributed by atoms with Crippen molar-refractivity contribution in [1.82, 2.24) is 9.13 Å². The van der Waals surface area contributed by atoms with Gasteiger partial charge in [-0.2, -0.15) is 0 Å². The number of nitrogens with two attached hydrogens (primary N) is 1. The van der Waals surface area contributed by atoms with Gasteiger partial charge < -0.3 is 14.9 Å². The van der Waals surface area contributed by atoms with Crippen LogP contribution in [0, 0.1) is 0 Å². The molecule has 0 amide bonds. The molecule has 2 N–H and O–H groups in total. The van der Waals surface area contributed by atoms with E-state index in [9.17, 15) is 0 Å². The van der Waals surface area contributed by atoms with Gasteiger partial charge in [-0.1, -0.05) is 133 Å². The second-order valence-electron chi connectivity index (χ2n) is 14.1. The Bertz CT molecular complexity index is 3100. The fourth-order valence-electron chi connectivity index (χ4n) is 8.02. The summed E-state index contributed by atoms with van der Waals surface area (Å²) < 4.78 is 4.81. The van der Waals surface area contributed by atoms with Crippen LogP contribution >= 0.6 is 0 Å². The van der Waals surface area contributed by atoms with Crippen molar-refractivity contribution in [2.24, 2.45) is 15.7 Å². The third-order valence-corrected chi connectivity index (χ3v) is 10.7. The van der Waals surface area contributed by atoms with E-state index in [1.807, 2.05) is 60.7 Å². The number of hydrogen-bond donors (Lipinski definition) is 1. The molecule has 0 saturated carbocycles. The minimum atomic E-state index is -0.150. The number of amidine groups is 2. The van der Waals surface area contributed by atoms with E-state index in [2.05, 4.69) is 143 Å². The molecular weight excluding hydrogens is 671 g/mol. The molecule has 5 heteroatoms. The van der Waals surface area contributed by atoms with Crippen LogP contribution in [0.25, 0.3) is 65.8 Å². The number of para-hydroxylation sites is 3. The molecule has 0 radical (unpaired) electrons. The Labute approximate surface area is 318 Å². The molecule has 0 saturated heterocycles. The summed E-state index contributed by atoms with van der Waals surface area (Å²) in [7, 11) is 0. The first kappa shape index (κ1) is 32.4. The van der Waals surface area contributed by atoms with Gasteiger partial charge >= 0.3 is 0 Å². The SMILES string of the molecule is C[C@H](N=C(N=C(N)c1ccccc1)c1ccccc1)c1ccc2cc(-n3c4ccccc4c4cc5c6ccccc6n(-c6ccccc6)c5cc43)ccc2c1. The van der Waals surface area contributed by atoms with Crippen molar-refractivity contribution in [1.29, 1.82) is 0 Å². The van der Waals surface area contributed by atoms with Crippen LogP contribution in [0.5, 0.6) is 0 Å². The molecule has 2 heterocycles. The van der Waals surface area contributed by atoms with E-state index in [4.69, 9.17) is 15.7 Å². The zero-order chi connectivity index (χ0) is 36.9. The van der Waals surface area contributed by atoms with Gasteiger partial charge in [0.1, 0.15) is 5.84 Å². The summed E-state index contributed by atoms with van der Waals surface area (Å²) in [6.07, 6.45) is 0. The highest BCUT2D eigenvalue weighted by Crippen LogP contribution is 2.40. The zero-order valence-corrected chi connectivity index (χ0v) is 30.3. The van der Waals surface area contributed by atoms with E-state index in [0.717, 1.165) is 38.8 Å². The summed E-state index contributed by atoms with van der Waals surface area (Å²) in [5.41, 5.74) is 16.4. The number of hydrogen-bond acceptors (Lipinski definition) is 1. The highest BCUT2D eigenvalue weighted by Gasteiger charge is 2.19. The van der Waals surface area contributed by atoms with E-state index in [1.165, 1.54) is 43.6 Å². The largest absolute Gasteiger partial charge is 0.383 e. The van der Waals surface area contributed by atoms with Gasteiger partial charge in [0.05, 0.1) is 28.1 Å². The van der Waals surface area contributed by atoms with Crippen molar-refractivity contribution in [3.8, 4) is 11.4 Å². The van der Waals surface area contributed by atoms with Gasteiger partial charge in [-0.15, -0.1) is 0 Å². The van der Waals surface area contributed by atoms with Crippen LogP contribution in [0.3, 0.4) is 0 Å². The average Bonchev–Trinajstić information content (AvgIpc) is 3.75. The lowest BCUT2D eigenvalue weighted by Gasteiger charge is -2.13. The van der Waals surface area contributed by atoms with Gasteiger partial charge in [0.25, 0.3) is 0 Å². The molecule has 0 spiro atoms. The van der Waals surface area contributed by atoms with Crippen molar-refractivity contribution < 1.29 is 0 Å². The summed E-state index contributed by atoms with van der Waals surface area (Å²) in [6, 6.07) is 66.0. The Morgan fingerprint density at radius 3 is 1.64 bits per heavy atom. The van der Waals surface area contributed by atoms with Crippen LogP contribution < -0.4 is 5.73 Å². The predicted molar refractivity (Wildman–Crippen MR) is 231 cm³/mol. The van der Waals surface area contributed by atoms with Gasteiger partial charge in [0.15, 0.2) is 5.84 Å². The molecule has 262 valence electrons. The minimum Gasteiger partial charge on any atom is -0.383 e. The lowest BCUT2D eigenvalue weighted by Crippen LogP contribution is -2.16. The first-order valence-electron chi connectivity index (χ1n) is 18.7. The van der Waals surface area contributed by atoms with Crippen LogP contribution in [0.4, 0.5) is 0 Å². The molecule has 8 aromatic carbocycles. The Morgan fingerprint density at radius 2 is 0.982 bits per heavy atom. The van der Waals surface area contributed by atoms with E-state index >= 15 is 0 Å². The van der Waals surface area contributed by atoms with E-state index in [1.54, 1.807) is 0 Å². The van der Waals surface area contributed by atoms with Crippen LogP contribution in [-0.2, 0) is 0 Å². The maximum Gasteiger partial charge on any atom is 0.157 e. The van der Waals surface area contributed by atoms with Gasteiger partial charge in [-0.3, -0.25) is 4.99 Å².